The molecule has 0 radical (unpaired) electrons. The van der Waals surface area contributed by atoms with Crippen LogP contribution in [0.2, 0.25) is 0 Å². The SMILES string of the molecule is CC[C@H](C)[C@H](NC(=O)OC(C)(C)C)C(=O)N[C@H](C(=O)N[C@@H](Cc1c[nH]c2ccccc12)C(=O)N(OC)C(C)=O)[C@@H](C)CC. The van der Waals surface area contributed by atoms with Crippen molar-refractivity contribution in [1.82, 2.24) is 26.0 Å². The van der Waals surface area contributed by atoms with E-state index in [4.69, 9.17) is 9.57 Å². The highest BCUT2D eigenvalue weighted by Crippen LogP contribution is 2.20. The zero-order chi connectivity index (χ0) is 32.5. The highest BCUT2D eigenvalue weighted by Gasteiger charge is 2.36. The first-order chi connectivity index (χ1) is 20.1. The van der Waals surface area contributed by atoms with Gasteiger partial charge in [-0.25, -0.2) is 4.79 Å². The van der Waals surface area contributed by atoms with Crippen LogP contribution in [0.25, 0.3) is 10.9 Å². The second-order valence-corrected chi connectivity index (χ2v) is 11.8. The van der Waals surface area contributed by atoms with Crippen molar-refractivity contribution in [3.63, 3.8) is 0 Å². The Labute approximate surface area is 253 Å². The van der Waals surface area contributed by atoms with Crippen LogP contribution in [0.1, 0.15) is 73.8 Å². The molecule has 1 aromatic carbocycles. The summed E-state index contributed by atoms with van der Waals surface area (Å²) in [6, 6.07) is 4.31. The number of imide groups is 1. The molecule has 12 nitrogen and oxygen atoms in total. The van der Waals surface area contributed by atoms with Crippen molar-refractivity contribution in [2.75, 3.05) is 7.11 Å². The minimum Gasteiger partial charge on any atom is -0.444 e. The van der Waals surface area contributed by atoms with Gasteiger partial charge in [0.15, 0.2) is 0 Å². The molecule has 5 amide bonds. The Morgan fingerprint density at radius 3 is 2.00 bits per heavy atom. The van der Waals surface area contributed by atoms with Crippen LogP contribution >= 0.6 is 0 Å². The first kappa shape index (κ1) is 35.3. The van der Waals surface area contributed by atoms with Crippen LogP contribution in [0.4, 0.5) is 4.79 Å². The maximum atomic E-state index is 13.8. The standard InChI is InChI=1S/C31H47N5O7/c1-10-18(3)25(34-28(39)26(19(4)11-2)35-30(41)43-31(6,7)8)27(38)33-24(29(40)36(42-9)20(5)37)16-21-17-32-23-15-13-12-14-22(21)23/h12-15,17-19,24-26,32H,10-11,16H2,1-9H3,(H,33,38)(H,34,39)(H,35,41)/t18-,19-,24-,25-,26-/m0/s1. The molecule has 238 valence electrons. The summed E-state index contributed by atoms with van der Waals surface area (Å²) in [5.41, 5.74) is 0.835. The van der Waals surface area contributed by atoms with Crippen molar-refractivity contribution in [3.05, 3.63) is 36.0 Å². The number of carbonyl (C=O) groups excluding carboxylic acids is 5. The number of ether oxygens (including phenoxy) is 1. The number of rotatable bonds is 13. The van der Waals surface area contributed by atoms with Crippen LogP contribution in [0.5, 0.6) is 0 Å². The first-order valence-corrected chi connectivity index (χ1v) is 14.7. The van der Waals surface area contributed by atoms with Gasteiger partial charge in [0, 0.05) is 30.4 Å². The molecule has 0 aliphatic heterocycles. The molecular formula is C31H47N5O7. The van der Waals surface area contributed by atoms with Crippen molar-refractivity contribution in [2.45, 2.75) is 98.4 Å². The van der Waals surface area contributed by atoms with Gasteiger partial charge in [0.2, 0.25) is 17.7 Å². The molecule has 2 rings (SSSR count). The monoisotopic (exact) mass is 601 g/mol. The molecular weight excluding hydrogens is 554 g/mol. The summed E-state index contributed by atoms with van der Waals surface area (Å²) < 4.78 is 5.35. The molecule has 0 bridgehead atoms. The molecule has 4 N–H and O–H groups in total. The van der Waals surface area contributed by atoms with Gasteiger partial charge in [0.1, 0.15) is 23.7 Å². The zero-order valence-electron chi connectivity index (χ0n) is 26.7. The summed E-state index contributed by atoms with van der Waals surface area (Å²) in [4.78, 5) is 73.7. The van der Waals surface area contributed by atoms with Gasteiger partial charge in [-0.05, 0) is 44.2 Å². The van der Waals surface area contributed by atoms with Gasteiger partial charge < -0.3 is 25.7 Å². The molecule has 12 heteroatoms. The van der Waals surface area contributed by atoms with Crippen LogP contribution in [-0.2, 0) is 35.2 Å². The van der Waals surface area contributed by atoms with E-state index in [9.17, 15) is 24.0 Å². The quantitative estimate of drug-likeness (QED) is 0.255. The third kappa shape index (κ3) is 9.81. The molecule has 0 fully saturated rings. The van der Waals surface area contributed by atoms with E-state index in [1.54, 1.807) is 33.9 Å². The van der Waals surface area contributed by atoms with Crippen LogP contribution in [0, 0.1) is 11.8 Å². The predicted molar refractivity (Wildman–Crippen MR) is 162 cm³/mol. The molecule has 0 spiro atoms. The van der Waals surface area contributed by atoms with Crippen molar-refractivity contribution in [2.24, 2.45) is 11.8 Å². The molecule has 0 unspecified atom stereocenters. The Hall–Kier alpha value is -3.93. The van der Waals surface area contributed by atoms with Crippen molar-refractivity contribution < 1.29 is 33.5 Å². The van der Waals surface area contributed by atoms with Crippen molar-refractivity contribution in [1.29, 1.82) is 0 Å². The molecule has 0 aliphatic rings. The number of hydrogen-bond acceptors (Lipinski definition) is 7. The van der Waals surface area contributed by atoms with E-state index >= 15 is 0 Å². The smallest absolute Gasteiger partial charge is 0.408 e. The summed E-state index contributed by atoms with van der Waals surface area (Å²) in [5.74, 6) is -3.18. The van der Waals surface area contributed by atoms with Crippen LogP contribution in [-0.4, -0.2) is 70.6 Å². The van der Waals surface area contributed by atoms with E-state index in [0.29, 0.717) is 17.9 Å². The van der Waals surface area contributed by atoms with Gasteiger partial charge in [-0.3, -0.25) is 24.0 Å². The summed E-state index contributed by atoms with van der Waals surface area (Å²) in [5, 5.41) is 9.66. The number of aromatic amines is 1. The lowest BCUT2D eigenvalue weighted by Crippen LogP contribution is -2.60. The third-order valence-electron chi connectivity index (χ3n) is 7.34. The lowest BCUT2D eigenvalue weighted by Gasteiger charge is -2.31. The zero-order valence-corrected chi connectivity index (χ0v) is 26.7. The highest BCUT2D eigenvalue weighted by molar-refractivity contribution is 5.99. The van der Waals surface area contributed by atoms with Gasteiger partial charge in [-0.15, -0.1) is 0 Å². The number of hydrogen-bond donors (Lipinski definition) is 4. The summed E-state index contributed by atoms with van der Waals surface area (Å²) >= 11 is 0. The Morgan fingerprint density at radius 2 is 1.47 bits per heavy atom. The van der Waals surface area contributed by atoms with E-state index in [0.717, 1.165) is 16.5 Å². The number of carbonyl (C=O) groups is 5. The fourth-order valence-corrected chi connectivity index (χ4v) is 4.58. The molecule has 0 saturated carbocycles. The number of H-pyrrole nitrogens is 1. The van der Waals surface area contributed by atoms with Crippen molar-refractivity contribution in [3.8, 4) is 0 Å². The van der Waals surface area contributed by atoms with Gasteiger partial charge in [0.25, 0.3) is 5.91 Å². The number of para-hydroxylation sites is 1. The molecule has 43 heavy (non-hydrogen) atoms. The fraction of sp³-hybridized carbons (Fsp3) is 0.581. The normalized spacial score (nSPS) is 15.0. The van der Waals surface area contributed by atoms with Crippen LogP contribution in [0.3, 0.4) is 0 Å². The predicted octanol–water partition coefficient (Wildman–Crippen LogP) is 3.60. The topological polar surface area (TPSA) is 159 Å². The second-order valence-electron chi connectivity index (χ2n) is 11.8. The van der Waals surface area contributed by atoms with Gasteiger partial charge in [0.05, 0.1) is 7.11 Å². The number of alkyl carbamates (subject to hydrolysis) is 1. The van der Waals surface area contributed by atoms with Crippen LogP contribution in [0.15, 0.2) is 30.5 Å². The fourth-order valence-electron chi connectivity index (χ4n) is 4.58. The number of nitrogens with zero attached hydrogens (tertiary/aromatic N) is 1. The Bertz CT molecular complexity index is 1280. The number of fused-ring (bicyclic) bond motifs is 1. The van der Waals surface area contributed by atoms with E-state index in [1.165, 1.54) is 14.0 Å². The van der Waals surface area contributed by atoms with Gasteiger partial charge >= 0.3 is 6.09 Å². The summed E-state index contributed by atoms with van der Waals surface area (Å²) in [6.45, 7) is 13.7. The maximum absolute atomic E-state index is 13.8. The van der Waals surface area contributed by atoms with E-state index in [1.807, 2.05) is 45.0 Å². The lowest BCUT2D eigenvalue weighted by atomic mass is 9.94. The Morgan fingerprint density at radius 1 is 0.907 bits per heavy atom. The number of aromatic nitrogens is 1. The third-order valence-corrected chi connectivity index (χ3v) is 7.34. The molecule has 1 aromatic heterocycles. The van der Waals surface area contributed by atoms with Crippen LogP contribution < -0.4 is 16.0 Å². The van der Waals surface area contributed by atoms with E-state index in [-0.39, 0.29) is 18.3 Å². The molecule has 0 aliphatic carbocycles. The Balaban J connectivity index is 2.37. The number of nitrogens with one attached hydrogen (secondary N) is 4. The number of hydroxylamine groups is 2. The average molecular weight is 602 g/mol. The molecule has 5 atom stereocenters. The van der Waals surface area contributed by atoms with E-state index < -0.39 is 53.4 Å². The average Bonchev–Trinajstić information content (AvgIpc) is 3.35. The minimum atomic E-state index is -1.19. The lowest BCUT2D eigenvalue weighted by molar-refractivity contribution is -0.187. The highest BCUT2D eigenvalue weighted by atomic mass is 16.7. The minimum absolute atomic E-state index is 0.0542. The van der Waals surface area contributed by atoms with Crippen molar-refractivity contribution >= 4 is 40.6 Å². The largest absolute Gasteiger partial charge is 0.444 e. The Kier molecular flexibility index (Phi) is 12.7. The van der Waals surface area contributed by atoms with Gasteiger partial charge in [-0.1, -0.05) is 58.7 Å². The molecule has 1 heterocycles. The molecule has 2 aromatic rings. The van der Waals surface area contributed by atoms with Gasteiger partial charge in [-0.2, -0.15) is 5.06 Å². The second kappa shape index (κ2) is 15.5. The summed E-state index contributed by atoms with van der Waals surface area (Å²) in [7, 11) is 1.19. The van der Waals surface area contributed by atoms with E-state index in [2.05, 4.69) is 20.9 Å². The first-order valence-electron chi connectivity index (χ1n) is 14.7. The number of amides is 5. The maximum Gasteiger partial charge on any atom is 0.408 e. The number of benzene rings is 1. The summed E-state index contributed by atoms with van der Waals surface area (Å²) in [6.07, 6.45) is 2.16. The molecule has 0 saturated heterocycles.